The van der Waals surface area contributed by atoms with Crippen LogP contribution in [0.3, 0.4) is 0 Å². The van der Waals surface area contributed by atoms with Crippen molar-refractivity contribution in [1.82, 2.24) is 4.90 Å². The van der Waals surface area contributed by atoms with E-state index in [9.17, 15) is 15.0 Å². The van der Waals surface area contributed by atoms with Gasteiger partial charge in [0, 0.05) is 18.4 Å². The zero-order valence-electron chi connectivity index (χ0n) is 14.6. The Kier molecular flexibility index (Phi) is 3.10. The first-order chi connectivity index (χ1) is 10.6. The molecule has 3 aliphatic carbocycles. The lowest BCUT2D eigenvalue weighted by atomic mass is 9.73. The van der Waals surface area contributed by atoms with Gasteiger partial charge in [0.15, 0.2) is 0 Å². The highest BCUT2D eigenvalue weighted by atomic mass is 16.6. The first-order valence-corrected chi connectivity index (χ1v) is 8.88. The maximum absolute atomic E-state index is 12.5. The summed E-state index contributed by atoms with van der Waals surface area (Å²) in [6.07, 6.45) is 2.75. The van der Waals surface area contributed by atoms with Crippen LogP contribution in [-0.2, 0) is 9.53 Å². The van der Waals surface area contributed by atoms with Crippen molar-refractivity contribution in [2.24, 2.45) is 28.6 Å². The SMILES string of the molecule is CN(C)C[C@@H]1C(=O)O[C@H]2[C@H]1CC[C@@]1(C)C[C@]13C[C@@H](O)[C@@](C)(O)[C@H]23. The molecule has 0 radical (unpaired) electrons. The molecule has 0 amide bonds. The van der Waals surface area contributed by atoms with E-state index >= 15 is 0 Å². The van der Waals surface area contributed by atoms with Gasteiger partial charge in [-0.3, -0.25) is 4.79 Å². The number of carbonyl (C=O) groups excluding carboxylic acids is 1. The molecule has 23 heavy (non-hydrogen) atoms. The van der Waals surface area contributed by atoms with Crippen LogP contribution in [0.2, 0.25) is 0 Å². The average Bonchev–Trinajstić information content (AvgIpc) is 2.82. The molecule has 2 N–H and O–H groups in total. The van der Waals surface area contributed by atoms with Gasteiger partial charge in [0.1, 0.15) is 6.10 Å². The minimum absolute atomic E-state index is 0.0530. The fourth-order valence-corrected chi connectivity index (χ4v) is 6.37. The lowest BCUT2D eigenvalue weighted by Crippen LogP contribution is -2.48. The van der Waals surface area contributed by atoms with Gasteiger partial charge in [0.2, 0.25) is 0 Å². The van der Waals surface area contributed by atoms with Gasteiger partial charge >= 0.3 is 5.97 Å². The summed E-state index contributed by atoms with van der Waals surface area (Å²) in [6, 6.07) is 0. The number of hydrogen-bond donors (Lipinski definition) is 2. The van der Waals surface area contributed by atoms with Gasteiger partial charge in [-0.05, 0) is 57.5 Å². The quantitative estimate of drug-likeness (QED) is 0.743. The Hall–Kier alpha value is -0.650. The van der Waals surface area contributed by atoms with E-state index in [1.807, 2.05) is 19.0 Å². The van der Waals surface area contributed by atoms with E-state index in [1.54, 1.807) is 6.92 Å². The third-order valence-electron chi connectivity index (χ3n) is 7.65. The van der Waals surface area contributed by atoms with Crippen molar-refractivity contribution < 1.29 is 19.7 Å². The molecule has 1 saturated heterocycles. The summed E-state index contributed by atoms with van der Waals surface area (Å²) < 4.78 is 5.86. The minimum atomic E-state index is -1.17. The molecule has 4 rings (SSSR count). The van der Waals surface area contributed by atoms with E-state index in [-0.39, 0.29) is 40.7 Å². The van der Waals surface area contributed by atoms with Crippen molar-refractivity contribution in [2.45, 2.75) is 57.3 Å². The second kappa shape index (κ2) is 4.50. The lowest BCUT2D eigenvalue weighted by molar-refractivity contribution is -0.154. The van der Waals surface area contributed by atoms with E-state index in [2.05, 4.69) is 6.92 Å². The number of aliphatic hydroxyl groups excluding tert-OH is 1. The number of esters is 1. The molecular formula is C18H29NO4. The number of carbonyl (C=O) groups is 1. The maximum atomic E-state index is 12.5. The standard InChI is InChI=1S/C18H29NO4/c1-16-6-5-10-11(8-19(3)4)15(21)23-13(10)14-17(2,22)12(20)7-18(14,16)9-16/h10-14,20,22H,5-9H2,1-4H3/t10-,11-,12+,13-,14-,16-,17+,18-/m0/s1. The van der Waals surface area contributed by atoms with Gasteiger partial charge in [-0.15, -0.1) is 0 Å². The molecule has 5 nitrogen and oxygen atoms in total. The fourth-order valence-electron chi connectivity index (χ4n) is 6.37. The van der Waals surface area contributed by atoms with Crippen LogP contribution in [0.25, 0.3) is 0 Å². The molecule has 0 aromatic rings. The Morgan fingerprint density at radius 1 is 1.35 bits per heavy atom. The second-order valence-corrected chi connectivity index (χ2v) is 9.29. The zero-order chi connectivity index (χ0) is 16.8. The molecule has 1 aliphatic heterocycles. The van der Waals surface area contributed by atoms with Gasteiger partial charge in [-0.2, -0.15) is 0 Å². The van der Waals surface area contributed by atoms with E-state index in [0.717, 1.165) is 19.3 Å². The predicted molar refractivity (Wildman–Crippen MR) is 84.5 cm³/mol. The van der Waals surface area contributed by atoms with E-state index in [4.69, 9.17) is 4.74 Å². The Morgan fingerprint density at radius 2 is 2.04 bits per heavy atom. The van der Waals surface area contributed by atoms with Crippen LogP contribution in [0.1, 0.15) is 39.5 Å². The Balaban J connectivity index is 1.73. The molecule has 0 aromatic heterocycles. The van der Waals surface area contributed by atoms with Gasteiger partial charge < -0.3 is 19.8 Å². The predicted octanol–water partition coefficient (Wildman–Crippen LogP) is 1.03. The molecule has 3 saturated carbocycles. The molecule has 0 bridgehead atoms. The van der Waals surface area contributed by atoms with Crippen LogP contribution in [0.15, 0.2) is 0 Å². The summed E-state index contributed by atoms with van der Waals surface area (Å²) in [6.45, 7) is 4.73. The smallest absolute Gasteiger partial charge is 0.310 e. The number of nitrogens with zero attached hydrogens (tertiary/aromatic N) is 1. The lowest BCUT2D eigenvalue weighted by Gasteiger charge is -2.36. The van der Waals surface area contributed by atoms with E-state index in [0.29, 0.717) is 13.0 Å². The molecule has 4 fully saturated rings. The van der Waals surface area contributed by atoms with Crippen LogP contribution < -0.4 is 0 Å². The fraction of sp³-hybridized carbons (Fsp3) is 0.944. The molecule has 130 valence electrons. The molecule has 1 spiro atoms. The first kappa shape index (κ1) is 15.9. The van der Waals surface area contributed by atoms with Crippen molar-refractivity contribution >= 4 is 5.97 Å². The highest BCUT2D eigenvalue weighted by Gasteiger charge is 2.79. The van der Waals surface area contributed by atoms with E-state index < -0.39 is 11.7 Å². The highest BCUT2D eigenvalue weighted by Crippen LogP contribution is 2.80. The number of aliphatic hydroxyl groups is 2. The maximum Gasteiger partial charge on any atom is 0.310 e. The van der Waals surface area contributed by atoms with Crippen molar-refractivity contribution in [3.8, 4) is 0 Å². The van der Waals surface area contributed by atoms with Gasteiger partial charge in [-0.1, -0.05) is 6.92 Å². The second-order valence-electron chi connectivity index (χ2n) is 9.29. The number of rotatable bonds is 2. The summed E-state index contributed by atoms with van der Waals surface area (Å²) in [4.78, 5) is 14.5. The molecule has 4 aliphatic rings. The average molecular weight is 323 g/mol. The number of hydrogen-bond acceptors (Lipinski definition) is 5. The van der Waals surface area contributed by atoms with Gasteiger partial charge in [0.05, 0.1) is 17.6 Å². The first-order valence-electron chi connectivity index (χ1n) is 8.88. The minimum Gasteiger partial charge on any atom is -0.461 e. The third kappa shape index (κ3) is 1.87. The Bertz CT molecular complexity index is 547. The van der Waals surface area contributed by atoms with E-state index in [1.165, 1.54) is 0 Å². The summed E-state index contributed by atoms with van der Waals surface area (Å²) in [5.74, 6) is -0.209. The van der Waals surface area contributed by atoms with Crippen molar-refractivity contribution in [3.63, 3.8) is 0 Å². The largest absolute Gasteiger partial charge is 0.461 e. The van der Waals surface area contributed by atoms with Crippen LogP contribution in [0.5, 0.6) is 0 Å². The summed E-state index contributed by atoms with van der Waals surface area (Å²) >= 11 is 0. The molecule has 0 unspecified atom stereocenters. The monoisotopic (exact) mass is 323 g/mol. The van der Waals surface area contributed by atoms with Crippen molar-refractivity contribution in [1.29, 1.82) is 0 Å². The zero-order valence-corrected chi connectivity index (χ0v) is 14.6. The Labute approximate surface area is 138 Å². The molecule has 0 aromatic carbocycles. The summed E-state index contributed by atoms with van der Waals surface area (Å²) in [5.41, 5.74) is -1.04. The van der Waals surface area contributed by atoms with Crippen LogP contribution in [0, 0.1) is 28.6 Å². The highest BCUT2D eigenvalue weighted by molar-refractivity contribution is 5.75. The Morgan fingerprint density at radius 3 is 2.70 bits per heavy atom. The van der Waals surface area contributed by atoms with Crippen LogP contribution in [-0.4, -0.2) is 59.5 Å². The molecule has 1 heterocycles. The summed E-state index contributed by atoms with van der Waals surface area (Å²) in [7, 11) is 3.96. The summed E-state index contributed by atoms with van der Waals surface area (Å²) in [5, 5.41) is 21.5. The number of ether oxygens (including phenoxy) is 1. The van der Waals surface area contributed by atoms with Crippen LogP contribution >= 0.6 is 0 Å². The van der Waals surface area contributed by atoms with Gasteiger partial charge in [-0.25, -0.2) is 0 Å². The number of fused-ring (bicyclic) bond motifs is 2. The molecular weight excluding hydrogens is 294 g/mol. The topological polar surface area (TPSA) is 70.0 Å². The van der Waals surface area contributed by atoms with Crippen molar-refractivity contribution in [3.05, 3.63) is 0 Å². The normalized spacial score (nSPS) is 57.5. The van der Waals surface area contributed by atoms with Crippen LogP contribution in [0.4, 0.5) is 0 Å². The van der Waals surface area contributed by atoms with Gasteiger partial charge in [0.25, 0.3) is 0 Å². The third-order valence-corrected chi connectivity index (χ3v) is 7.65. The molecule has 5 heteroatoms. The van der Waals surface area contributed by atoms with Crippen molar-refractivity contribution in [2.75, 3.05) is 20.6 Å². The molecule has 8 atom stereocenters.